The van der Waals surface area contributed by atoms with E-state index in [1.54, 1.807) is 13.2 Å². The van der Waals surface area contributed by atoms with Gasteiger partial charge in [0.15, 0.2) is 5.11 Å². The predicted octanol–water partition coefficient (Wildman–Crippen LogP) is 4.31. The Morgan fingerprint density at radius 1 is 1.21 bits per heavy atom. The van der Waals surface area contributed by atoms with Crippen molar-refractivity contribution < 1.29 is 9.47 Å². The fourth-order valence-electron chi connectivity index (χ4n) is 2.16. The molecule has 0 amide bonds. The van der Waals surface area contributed by atoms with Gasteiger partial charge in [-0.2, -0.15) is 0 Å². The Morgan fingerprint density at radius 2 is 1.96 bits per heavy atom. The monoisotopic (exact) mass is 342 g/mol. The Morgan fingerprint density at radius 3 is 2.62 bits per heavy atom. The number of ether oxygens (including phenoxy) is 2. The van der Waals surface area contributed by atoms with Crippen molar-refractivity contribution in [2.75, 3.05) is 19.0 Å². The van der Waals surface area contributed by atoms with E-state index in [1.165, 1.54) is 0 Å². The molecule has 4 nitrogen and oxygen atoms in total. The van der Waals surface area contributed by atoms with Gasteiger partial charge in [0.2, 0.25) is 0 Å². The Hall–Kier alpha value is -2.53. The number of benzene rings is 2. The van der Waals surface area contributed by atoms with E-state index in [9.17, 15) is 0 Å². The topological polar surface area (TPSA) is 42.5 Å². The van der Waals surface area contributed by atoms with Crippen molar-refractivity contribution in [3.8, 4) is 11.5 Å². The minimum Gasteiger partial charge on any atom is -0.497 e. The molecule has 0 saturated carbocycles. The molecule has 0 aliphatic rings. The molecule has 0 spiro atoms. The van der Waals surface area contributed by atoms with E-state index in [-0.39, 0.29) is 6.04 Å². The molecule has 24 heavy (non-hydrogen) atoms. The molecule has 0 fully saturated rings. The highest BCUT2D eigenvalue weighted by Crippen LogP contribution is 2.19. The maximum Gasteiger partial charge on any atom is 0.171 e. The molecule has 0 aliphatic heterocycles. The number of rotatable bonds is 7. The van der Waals surface area contributed by atoms with Crippen molar-refractivity contribution >= 4 is 23.0 Å². The van der Waals surface area contributed by atoms with Crippen LogP contribution in [-0.2, 0) is 0 Å². The summed E-state index contributed by atoms with van der Waals surface area (Å²) in [5, 5.41) is 6.99. The maximum atomic E-state index is 5.52. The second-order valence-electron chi connectivity index (χ2n) is 5.22. The molecule has 0 aromatic heterocycles. The Kier molecular flexibility index (Phi) is 6.63. The second-order valence-corrected chi connectivity index (χ2v) is 5.63. The zero-order chi connectivity index (χ0) is 17.4. The fourth-order valence-corrected chi connectivity index (χ4v) is 2.45. The summed E-state index contributed by atoms with van der Waals surface area (Å²) in [4.78, 5) is 0. The average molecular weight is 342 g/mol. The third kappa shape index (κ3) is 5.28. The predicted molar refractivity (Wildman–Crippen MR) is 103 cm³/mol. The highest BCUT2D eigenvalue weighted by atomic mass is 32.1. The molecule has 2 aromatic carbocycles. The van der Waals surface area contributed by atoms with Gasteiger partial charge in [-0.15, -0.1) is 0 Å². The van der Waals surface area contributed by atoms with Crippen LogP contribution in [0.15, 0.2) is 61.2 Å². The van der Waals surface area contributed by atoms with E-state index in [1.807, 2.05) is 48.5 Å². The van der Waals surface area contributed by atoms with Gasteiger partial charge in [0.1, 0.15) is 18.1 Å². The summed E-state index contributed by atoms with van der Waals surface area (Å²) in [5.41, 5.74) is 2.00. The van der Waals surface area contributed by atoms with E-state index in [0.717, 1.165) is 22.7 Å². The lowest BCUT2D eigenvalue weighted by molar-refractivity contribution is 0.363. The van der Waals surface area contributed by atoms with Crippen LogP contribution in [0.2, 0.25) is 0 Å². The quantitative estimate of drug-likeness (QED) is 0.580. The van der Waals surface area contributed by atoms with Crippen LogP contribution in [-0.4, -0.2) is 18.8 Å². The maximum absolute atomic E-state index is 5.52. The molecule has 2 N–H and O–H groups in total. The second kappa shape index (κ2) is 8.93. The smallest absolute Gasteiger partial charge is 0.171 e. The number of nitrogens with one attached hydrogen (secondary N) is 2. The summed E-state index contributed by atoms with van der Waals surface area (Å²) >= 11 is 5.39. The van der Waals surface area contributed by atoms with Crippen LogP contribution in [0.5, 0.6) is 11.5 Å². The highest BCUT2D eigenvalue weighted by Gasteiger charge is 2.07. The van der Waals surface area contributed by atoms with Gasteiger partial charge in [0.05, 0.1) is 13.2 Å². The molecular weight excluding hydrogens is 320 g/mol. The normalized spacial score (nSPS) is 11.2. The average Bonchev–Trinajstić information content (AvgIpc) is 2.60. The zero-order valence-corrected chi connectivity index (χ0v) is 14.7. The van der Waals surface area contributed by atoms with E-state index in [0.29, 0.717) is 11.7 Å². The molecule has 0 bridgehead atoms. The standard InChI is InChI=1S/C19H22N2O2S/c1-4-12-23-18-7-5-6-16(13-18)21-19(24)20-14(2)15-8-10-17(22-3)11-9-15/h4-11,13-14H,1,12H2,2-3H3,(H2,20,21,24). The lowest BCUT2D eigenvalue weighted by Crippen LogP contribution is -2.30. The van der Waals surface area contributed by atoms with E-state index < -0.39 is 0 Å². The summed E-state index contributed by atoms with van der Waals surface area (Å²) in [6.07, 6.45) is 1.71. The first kappa shape index (κ1) is 17.8. The number of thiocarbonyl (C=S) groups is 1. The molecule has 2 rings (SSSR count). The lowest BCUT2D eigenvalue weighted by Gasteiger charge is -2.18. The molecule has 0 heterocycles. The molecule has 1 atom stereocenters. The minimum absolute atomic E-state index is 0.0797. The zero-order valence-electron chi connectivity index (χ0n) is 13.9. The largest absolute Gasteiger partial charge is 0.497 e. The summed E-state index contributed by atoms with van der Waals surface area (Å²) in [5.74, 6) is 1.61. The Labute approximate surface area is 148 Å². The molecule has 0 aliphatic carbocycles. The van der Waals surface area contributed by atoms with Crippen molar-refractivity contribution in [3.05, 3.63) is 66.7 Å². The molecule has 126 valence electrons. The van der Waals surface area contributed by atoms with Crippen LogP contribution in [0.4, 0.5) is 5.69 Å². The van der Waals surface area contributed by atoms with Gasteiger partial charge in [0.25, 0.3) is 0 Å². The van der Waals surface area contributed by atoms with E-state index >= 15 is 0 Å². The van der Waals surface area contributed by atoms with Crippen molar-refractivity contribution in [2.45, 2.75) is 13.0 Å². The molecule has 1 unspecified atom stereocenters. The van der Waals surface area contributed by atoms with E-state index in [4.69, 9.17) is 21.7 Å². The molecule has 2 aromatic rings. The van der Waals surface area contributed by atoms with Crippen molar-refractivity contribution in [2.24, 2.45) is 0 Å². The van der Waals surface area contributed by atoms with Gasteiger partial charge in [-0.3, -0.25) is 0 Å². The van der Waals surface area contributed by atoms with Gasteiger partial charge in [-0.05, 0) is 49.0 Å². The molecular formula is C19H22N2O2S. The van der Waals surface area contributed by atoms with Gasteiger partial charge >= 0.3 is 0 Å². The first-order chi connectivity index (χ1) is 11.6. The third-order valence-corrected chi connectivity index (χ3v) is 3.64. The van der Waals surface area contributed by atoms with Crippen molar-refractivity contribution in [1.82, 2.24) is 5.32 Å². The van der Waals surface area contributed by atoms with Crippen molar-refractivity contribution in [3.63, 3.8) is 0 Å². The van der Waals surface area contributed by atoms with Crippen molar-refractivity contribution in [1.29, 1.82) is 0 Å². The van der Waals surface area contributed by atoms with Gasteiger partial charge in [0, 0.05) is 11.8 Å². The number of hydrogen-bond acceptors (Lipinski definition) is 3. The lowest BCUT2D eigenvalue weighted by atomic mass is 10.1. The number of methoxy groups -OCH3 is 1. The van der Waals surface area contributed by atoms with Crippen LogP contribution >= 0.6 is 12.2 Å². The van der Waals surface area contributed by atoms with Crippen LogP contribution in [0.25, 0.3) is 0 Å². The van der Waals surface area contributed by atoms with Gasteiger partial charge in [-0.25, -0.2) is 0 Å². The van der Waals surface area contributed by atoms with Crippen LogP contribution < -0.4 is 20.1 Å². The number of anilines is 1. The van der Waals surface area contributed by atoms with Gasteiger partial charge < -0.3 is 20.1 Å². The van der Waals surface area contributed by atoms with Gasteiger partial charge in [-0.1, -0.05) is 30.9 Å². The first-order valence-corrected chi connectivity index (χ1v) is 8.08. The fraction of sp³-hybridized carbons (Fsp3) is 0.211. The number of hydrogen-bond donors (Lipinski definition) is 2. The van der Waals surface area contributed by atoms with Crippen LogP contribution in [0, 0.1) is 0 Å². The molecule has 0 saturated heterocycles. The summed E-state index contributed by atoms with van der Waals surface area (Å²) < 4.78 is 10.7. The summed E-state index contributed by atoms with van der Waals surface area (Å²) in [6, 6.07) is 15.6. The van der Waals surface area contributed by atoms with Crippen LogP contribution in [0.3, 0.4) is 0 Å². The van der Waals surface area contributed by atoms with Crippen LogP contribution in [0.1, 0.15) is 18.5 Å². The third-order valence-electron chi connectivity index (χ3n) is 3.42. The first-order valence-electron chi connectivity index (χ1n) is 7.67. The Balaban J connectivity index is 1.93. The van der Waals surface area contributed by atoms with E-state index in [2.05, 4.69) is 24.1 Å². The minimum atomic E-state index is 0.0797. The highest BCUT2D eigenvalue weighted by molar-refractivity contribution is 7.80. The summed E-state index contributed by atoms with van der Waals surface area (Å²) in [6.45, 7) is 6.17. The Bertz CT molecular complexity index is 686. The SMILES string of the molecule is C=CCOc1cccc(NC(=S)NC(C)c2ccc(OC)cc2)c1. The summed E-state index contributed by atoms with van der Waals surface area (Å²) in [7, 11) is 1.66. The molecule has 0 radical (unpaired) electrons. The molecule has 5 heteroatoms.